The Balaban J connectivity index is 3.17. The first-order chi connectivity index (χ1) is 9.45. The minimum atomic E-state index is -1.65. The fraction of sp³-hybridized carbons (Fsp3) is 0.267. The van der Waals surface area contributed by atoms with Crippen LogP contribution in [0.4, 0.5) is 0 Å². The van der Waals surface area contributed by atoms with Gasteiger partial charge in [-0.3, -0.25) is 4.79 Å². The van der Waals surface area contributed by atoms with Crippen molar-refractivity contribution < 1.29 is 24.6 Å². The minimum Gasteiger partial charge on any atom is -0.545 e. The molecule has 1 aromatic rings. The van der Waals surface area contributed by atoms with Crippen LogP contribution in [-0.2, 0) is 20.8 Å². The quantitative estimate of drug-likeness (QED) is 0.618. The van der Waals surface area contributed by atoms with Crippen molar-refractivity contribution >= 4 is 17.7 Å². The highest BCUT2D eigenvalue weighted by Crippen LogP contribution is 2.15. The monoisotopic (exact) mass is 274 g/mol. The normalized spacial score (nSPS) is 11.7. The Kier molecular flexibility index (Phi) is 5.65. The molecule has 0 spiro atoms. The lowest BCUT2D eigenvalue weighted by atomic mass is 9.96. The average Bonchev–Trinajstić information content (AvgIpc) is 2.42. The predicted octanol–water partition coefficient (Wildman–Crippen LogP) is -0.605. The lowest BCUT2D eigenvalue weighted by Gasteiger charge is -2.17. The standard InChI is InChI=1S/C15H16O5/c1-2-11(16)9-13(15(19)20)12(14(17)18)8-10-6-4-3-5-7-10/h3-7H,2,8-9H2,1H3,(H,17,18)(H,19,20)/p-2/b13-12+. The molecular weight excluding hydrogens is 260 g/mol. The first-order valence-electron chi connectivity index (χ1n) is 6.16. The highest BCUT2D eigenvalue weighted by molar-refractivity contribution is 6.01. The molecule has 0 aliphatic heterocycles. The maximum absolute atomic E-state index is 11.4. The zero-order valence-corrected chi connectivity index (χ0v) is 11.0. The molecular formula is C15H14O5-2. The van der Waals surface area contributed by atoms with Crippen molar-refractivity contribution in [3.63, 3.8) is 0 Å². The van der Waals surface area contributed by atoms with E-state index in [9.17, 15) is 24.6 Å². The summed E-state index contributed by atoms with van der Waals surface area (Å²) < 4.78 is 0. The molecule has 1 aromatic carbocycles. The van der Waals surface area contributed by atoms with E-state index in [-0.39, 0.29) is 18.6 Å². The maximum atomic E-state index is 11.4. The molecule has 0 aliphatic carbocycles. The van der Waals surface area contributed by atoms with Crippen molar-refractivity contribution in [1.29, 1.82) is 0 Å². The molecule has 0 aromatic heterocycles. The molecule has 0 fully saturated rings. The van der Waals surface area contributed by atoms with Crippen LogP contribution in [0.15, 0.2) is 41.5 Å². The lowest BCUT2D eigenvalue weighted by Crippen LogP contribution is -2.33. The number of ketones is 1. The highest BCUT2D eigenvalue weighted by atomic mass is 16.4. The number of benzene rings is 1. The fourth-order valence-corrected chi connectivity index (χ4v) is 1.73. The van der Waals surface area contributed by atoms with Gasteiger partial charge in [-0.05, 0) is 23.1 Å². The molecule has 0 radical (unpaired) electrons. The van der Waals surface area contributed by atoms with Gasteiger partial charge < -0.3 is 19.8 Å². The summed E-state index contributed by atoms with van der Waals surface area (Å²) in [7, 11) is 0. The molecule has 0 saturated carbocycles. The molecule has 0 atom stereocenters. The molecule has 0 N–H and O–H groups in total. The zero-order chi connectivity index (χ0) is 15.1. The van der Waals surface area contributed by atoms with Gasteiger partial charge in [0.05, 0.1) is 11.9 Å². The number of carbonyl (C=O) groups excluding carboxylic acids is 3. The summed E-state index contributed by atoms with van der Waals surface area (Å²) in [6.45, 7) is 1.57. The Hall–Kier alpha value is -2.43. The summed E-state index contributed by atoms with van der Waals surface area (Å²) in [4.78, 5) is 33.6. The van der Waals surface area contributed by atoms with Crippen LogP contribution >= 0.6 is 0 Å². The van der Waals surface area contributed by atoms with Crippen LogP contribution in [0.2, 0.25) is 0 Å². The molecule has 0 amide bonds. The van der Waals surface area contributed by atoms with E-state index in [1.54, 1.807) is 37.3 Å². The Bertz CT molecular complexity index is 543. The molecule has 5 nitrogen and oxygen atoms in total. The van der Waals surface area contributed by atoms with Crippen LogP contribution in [0.1, 0.15) is 25.3 Å². The Morgan fingerprint density at radius 3 is 1.95 bits per heavy atom. The number of carboxylic acids is 2. The molecule has 5 heteroatoms. The minimum absolute atomic E-state index is 0.122. The van der Waals surface area contributed by atoms with Crippen molar-refractivity contribution in [3.8, 4) is 0 Å². The van der Waals surface area contributed by atoms with Gasteiger partial charge in [0.2, 0.25) is 0 Å². The summed E-state index contributed by atoms with van der Waals surface area (Å²) in [5.41, 5.74) is -0.312. The van der Waals surface area contributed by atoms with E-state index >= 15 is 0 Å². The topological polar surface area (TPSA) is 97.3 Å². The van der Waals surface area contributed by atoms with E-state index in [4.69, 9.17) is 0 Å². The third kappa shape index (κ3) is 4.35. The smallest absolute Gasteiger partial charge is 0.137 e. The van der Waals surface area contributed by atoms with E-state index in [2.05, 4.69) is 0 Å². The predicted molar refractivity (Wildman–Crippen MR) is 67.1 cm³/mol. The van der Waals surface area contributed by atoms with Crippen molar-refractivity contribution in [2.24, 2.45) is 0 Å². The molecule has 0 bridgehead atoms. The molecule has 20 heavy (non-hydrogen) atoms. The summed E-state index contributed by atoms with van der Waals surface area (Å²) >= 11 is 0. The maximum Gasteiger partial charge on any atom is 0.137 e. The zero-order valence-electron chi connectivity index (χ0n) is 11.0. The largest absolute Gasteiger partial charge is 0.545 e. The van der Waals surface area contributed by atoms with Gasteiger partial charge in [0, 0.05) is 12.8 Å². The molecule has 0 aliphatic rings. The third-order valence-electron chi connectivity index (χ3n) is 2.85. The molecule has 0 heterocycles. The Morgan fingerprint density at radius 2 is 1.50 bits per heavy atom. The molecule has 0 saturated heterocycles. The van der Waals surface area contributed by atoms with E-state index in [0.29, 0.717) is 5.56 Å². The van der Waals surface area contributed by atoms with Crippen molar-refractivity contribution in [2.45, 2.75) is 26.2 Å². The van der Waals surface area contributed by atoms with Crippen molar-refractivity contribution in [2.75, 3.05) is 0 Å². The third-order valence-corrected chi connectivity index (χ3v) is 2.85. The first kappa shape index (κ1) is 15.6. The first-order valence-corrected chi connectivity index (χ1v) is 6.16. The van der Waals surface area contributed by atoms with Crippen LogP contribution < -0.4 is 10.2 Å². The summed E-state index contributed by atoms with van der Waals surface area (Å²) in [5, 5.41) is 22.2. The van der Waals surface area contributed by atoms with Gasteiger partial charge in [0.1, 0.15) is 5.78 Å². The van der Waals surface area contributed by atoms with Crippen LogP contribution in [0.25, 0.3) is 0 Å². The Morgan fingerprint density at radius 1 is 0.950 bits per heavy atom. The molecule has 106 valence electrons. The van der Waals surface area contributed by atoms with Gasteiger partial charge in [0.15, 0.2) is 0 Å². The number of carbonyl (C=O) groups is 3. The summed E-state index contributed by atoms with van der Waals surface area (Å²) in [6.07, 6.45) is -0.457. The molecule has 0 unspecified atom stereocenters. The Labute approximate surface area is 116 Å². The number of aliphatic carboxylic acids is 2. The highest BCUT2D eigenvalue weighted by Gasteiger charge is 2.13. The van der Waals surface area contributed by atoms with Gasteiger partial charge in [0.25, 0.3) is 0 Å². The van der Waals surface area contributed by atoms with E-state index < -0.39 is 29.5 Å². The number of Topliss-reactive ketones (excluding diaryl/α,β-unsaturated/α-hetero) is 1. The van der Waals surface area contributed by atoms with Crippen molar-refractivity contribution in [1.82, 2.24) is 0 Å². The van der Waals surface area contributed by atoms with Gasteiger partial charge in [-0.15, -0.1) is 0 Å². The second kappa shape index (κ2) is 7.23. The second-order valence-electron chi connectivity index (χ2n) is 4.26. The van der Waals surface area contributed by atoms with E-state index in [1.165, 1.54) is 0 Å². The second-order valence-corrected chi connectivity index (χ2v) is 4.26. The van der Waals surface area contributed by atoms with Crippen LogP contribution in [0.3, 0.4) is 0 Å². The molecule has 1 rings (SSSR count). The van der Waals surface area contributed by atoms with E-state index in [1.807, 2.05) is 0 Å². The van der Waals surface area contributed by atoms with E-state index in [0.717, 1.165) is 0 Å². The number of rotatable bonds is 7. The van der Waals surface area contributed by atoms with Gasteiger partial charge in [-0.1, -0.05) is 37.3 Å². The fourth-order valence-electron chi connectivity index (χ4n) is 1.73. The number of hydrogen-bond acceptors (Lipinski definition) is 5. The van der Waals surface area contributed by atoms with Crippen LogP contribution in [0, 0.1) is 0 Å². The van der Waals surface area contributed by atoms with Crippen LogP contribution in [0.5, 0.6) is 0 Å². The number of carboxylic acid groups (broad SMARTS) is 2. The summed E-state index contributed by atoms with van der Waals surface area (Å²) in [5.74, 6) is -3.62. The summed E-state index contributed by atoms with van der Waals surface area (Å²) in [6, 6.07) is 8.50. The SMILES string of the molecule is CCC(=O)C/C(C(=O)[O-])=C(/Cc1ccccc1)C(=O)[O-]. The van der Waals surface area contributed by atoms with Gasteiger partial charge in [-0.2, -0.15) is 0 Å². The van der Waals surface area contributed by atoms with Crippen LogP contribution in [-0.4, -0.2) is 17.7 Å². The number of hydrogen-bond donors (Lipinski definition) is 0. The average molecular weight is 274 g/mol. The van der Waals surface area contributed by atoms with Crippen molar-refractivity contribution in [3.05, 3.63) is 47.0 Å². The lowest BCUT2D eigenvalue weighted by molar-refractivity contribution is -0.304. The van der Waals surface area contributed by atoms with Gasteiger partial charge in [-0.25, -0.2) is 0 Å². The van der Waals surface area contributed by atoms with Gasteiger partial charge >= 0.3 is 0 Å².